The van der Waals surface area contributed by atoms with Crippen LogP contribution in [-0.4, -0.2) is 11.9 Å². The van der Waals surface area contributed by atoms with Crippen LogP contribution in [0.4, 0.5) is 0 Å². The zero-order valence-electron chi connectivity index (χ0n) is 11.3. The number of nitriles is 1. The van der Waals surface area contributed by atoms with Gasteiger partial charge in [0.1, 0.15) is 0 Å². The molecular formula is C14H26N2O. The second kappa shape index (κ2) is 11.4. The lowest BCUT2D eigenvalue weighted by atomic mass is 10.1. The SMILES string of the molecule is CCCCCCCCCC(=O)NC(C)CC#N. The van der Waals surface area contributed by atoms with E-state index in [4.69, 9.17) is 5.26 Å². The molecule has 0 saturated carbocycles. The lowest BCUT2D eigenvalue weighted by Crippen LogP contribution is -2.31. The highest BCUT2D eigenvalue weighted by molar-refractivity contribution is 5.76. The molecule has 3 heteroatoms. The number of unbranched alkanes of at least 4 members (excludes halogenated alkanes) is 6. The maximum Gasteiger partial charge on any atom is 0.220 e. The maximum atomic E-state index is 11.4. The third kappa shape index (κ3) is 11.2. The molecule has 3 nitrogen and oxygen atoms in total. The van der Waals surface area contributed by atoms with Gasteiger partial charge in [0.15, 0.2) is 0 Å². The molecular weight excluding hydrogens is 212 g/mol. The van der Waals surface area contributed by atoms with E-state index < -0.39 is 0 Å². The van der Waals surface area contributed by atoms with Crippen LogP contribution < -0.4 is 5.32 Å². The van der Waals surface area contributed by atoms with Crippen molar-refractivity contribution in [3.05, 3.63) is 0 Å². The van der Waals surface area contributed by atoms with Crippen LogP contribution in [0.25, 0.3) is 0 Å². The Morgan fingerprint density at radius 2 is 1.76 bits per heavy atom. The molecule has 17 heavy (non-hydrogen) atoms. The van der Waals surface area contributed by atoms with Crippen LogP contribution in [0.1, 0.15) is 71.6 Å². The Kier molecular flexibility index (Phi) is 10.7. The van der Waals surface area contributed by atoms with Gasteiger partial charge in [0, 0.05) is 12.5 Å². The molecule has 0 aliphatic heterocycles. The molecule has 0 bridgehead atoms. The van der Waals surface area contributed by atoms with Gasteiger partial charge in [-0.05, 0) is 13.3 Å². The summed E-state index contributed by atoms with van der Waals surface area (Å²) in [5.74, 6) is 0.0845. The third-order valence-electron chi connectivity index (χ3n) is 2.81. The third-order valence-corrected chi connectivity index (χ3v) is 2.81. The van der Waals surface area contributed by atoms with Crippen molar-refractivity contribution in [2.24, 2.45) is 0 Å². The van der Waals surface area contributed by atoms with E-state index in [-0.39, 0.29) is 11.9 Å². The van der Waals surface area contributed by atoms with Gasteiger partial charge in [0.25, 0.3) is 0 Å². The predicted octanol–water partition coefficient (Wildman–Crippen LogP) is 3.55. The molecule has 0 radical (unpaired) electrons. The van der Waals surface area contributed by atoms with Crippen LogP contribution in [0.15, 0.2) is 0 Å². The van der Waals surface area contributed by atoms with Crippen LogP contribution >= 0.6 is 0 Å². The Labute approximate surface area is 106 Å². The Hall–Kier alpha value is -1.04. The summed E-state index contributed by atoms with van der Waals surface area (Å²) in [6.07, 6.45) is 9.56. The number of hydrogen-bond acceptors (Lipinski definition) is 2. The molecule has 98 valence electrons. The summed E-state index contributed by atoms with van der Waals surface area (Å²) >= 11 is 0. The van der Waals surface area contributed by atoms with Gasteiger partial charge in [-0.15, -0.1) is 0 Å². The van der Waals surface area contributed by atoms with Gasteiger partial charge in [0.05, 0.1) is 12.5 Å². The van der Waals surface area contributed by atoms with Gasteiger partial charge in [-0.2, -0.15) is 5.26 Å². The first kappa shape index (κ1) is 16.0. The fourth-order valence-electron chi connectivity index (χ4n) is 1.78. The summed E-state index contributed by atoms with van der Waals surface area (Å²) in [6.45, 7) is 4.08. The second-order valence-electron chi connectivity index (χ2n) is 4.70. The molecule has 0 heterocycles. The van der Waals surface area contributed by atoms with E-state index in [0.29, 0.717) is 12.8 Å². The first-order chi connectivity index (χ1) is 8.20. The highest BCUT2D eigenvalue weighted by atomic mass is 16.1. The summed E-state index contributed by atoms with van der Waals surface area (Å²) in [7, 11) is 0. The minimum absolute atomic E-state index is 0.0166. The van der Waals surface area contributed by atoms with Gasteiger partial charge in [-0.1, -0.05) is 45.4 Å². The maximum absolute atomic E-state index is 11.4. The van der Waals surface area contributed by atoms with E-state index in [1.54, 1.807) is 0 Å². The lowest BCUT2D eigenvalue weighted by molar-refractivity contribution is -0.121. The van der Waals surface area contributed by atoms with Crippen molar-refractivity contribution in [2.75, 3.05) is 0 Å². The van der Waals surface area contributed by atoms with Gasteiger partial charge in [0.2, 0.25) is 5.91 Å². The number of rotatable bonds is 10. The number of carbonyl (C=O) groups is 1. The zero-order chi connectivity index (χ0) is 12.9. The minimum Gasteiger partial charge on any atom is -0.353 e. The molecule has 0 aromatic heterocycles. The minimum atomic E-state index is -0.0166. The van der Waals surface area contributed by atoms with E-state index in [1.165, 1.54) is 32.1 Å². The number of carbonyl (C=O) groups excluding carboxylic acids is 1. The molecule has 0 aromatic rings. The quantitative estimate of drug-likeness (QED) is 0.592. The van der Waals surface area contributed by atoms with E-state index >= 15 is 0 Å². The molecule has 0 aliphatic carbocycles. The van der Waals surface area contributed by atoms with Gasteiger partial charge >= 0.3 is 0 Å². The lowest BCUT2D eigenvalue weighted by Gasteiger charge is -2.09. The Bertz CT molecular complexity index is 233. The van der Waals surface area contributed by atoms with E-state index in [0.717, 1.165) is 12.8 Å². The Morgan fingerprint density at radius 1 is 1.18 bits per heavy atom. The average Bonchev–Trinajstić information content (AvgIpc) is 2.28. The first-order valence-corrected chi connectivity index (χ1v) is 6.87. The number of hydrogen-bond donors (Lipinski definition) is 1. The van der Waals surface area contributed by atoms with Crippen LogP contribution in [0, 0.1) is 11.3 Å². The fourth-order valence-corrected chi connectivity index (χ4v) is 1.78. The van der Waals surface area contributed by atoms with Crippen molar-refractivity contribution >= 4 is 5.91 Å². The van der Waals surface area contributed by atoms with Crippen molar-refractivity contribution in [1.82, 2.24) is 5.32 Å². The molecule has 1 unspecified atom stereocenters. The van der Waals surface area contributed by atoms with E-state index in [1.807, 2.05) is 6.92 Å². The van der Waals surface area contributed by atoms with Crippen molar-refractivity contribution in [3.63, 3.8) is 0 Å². The highest BCUT2D eigenvalue weighted by Crippen LogP contribution is 2.08. The zero-order valence-corrected chi connectivity index (χ0v) is 11.3. The van der Waals surface area contributed by atoms with E-state index in [2.05, 4.69) is 18.3 Å². The van der Waals surface area contributed by atoms with Gasteiger partial charge in [-0.3, -0.25) is 4.79 Å². The molecule has 1 amide bonds. The molecule has 0 rings (SSSR count). The van der Waals surface area contributed by atoms with Gasteiger partial charge in [-0.25, -0.2) is 0 Å². The summed E-state index contributed by atoms with van der Waals surface area (Å²) in [5.41, 5.74) is 0. The molecule has 0 aliphatic rings. The van der Waals surface area contributed by atoms with Crippen molar-refractivity contribution in [3.8, 4) is 6.07 Å². The Balaban J connectivity index is 3.31. The summed E-state index contributed by atoms with van der Waals surface area (Å²) < 4.78 is 0. The number of nitrogens with zero attached hydrogens (tertiary/aromatic N) is 1. The molecule has 0 aromatic carbocycles. The molecule has 1 N–H and O–H groups in total. The predicted molar refractivity (Wildman–Crippen MR) is 70.4 cm³/mol. The average molecular weight is 238 g/mol. The largest absolute Gasteiger partial charge is 0.353 e. The highest BCUT2D eigenvalue weighted by Gasteiger charge is 2.05. The number of nitrogens with one attached hydrogen (secondary N) is 1. The summed E-state index contributed by atoms with van der Waals surface area (Å²) in [4.78, 5) is 11.4. The Morgan fingerprint density at radius 3 is 2.35 bits per heavy atom. The van der Waals surface area contributed by atoms with Crippen LogP contribution in [0.3, 0.4) is 0 Å². The summed E-state index contributed by atoms with van der Waals surface area (Å²) in [5, 5.41) is 11.3. The fraction of sp³-hybridized carbons (Fsp3) is 0.857. The topological polar surface area (TPSA) is 52.9 Å². The summed E-state index contributed by atoms with van der Waals surface area (Å²) in [6, 6.07) is 2.04. The van der Waals surface area contributed by atoms with Crippen LogP contribution in [-0.2, 0) is 4.79 Å². The van der Waals surface area contributed by atoms with Crippen molar-refractivity contribution in [1.29, 1.82) is 5.26 Å². The van der Waals surface area contributed by atoms with Crippen LogP contribution in [0.5, 0.6) is 0 Å². The molecule has 0 saturated heterocycles. The first-order valence-electron chi connectivity index (χ1n) is 6.87. The number of amides is 1. The van der Waals surface area contributed by atoms with Crippen molar-refractivity contribution in [2.45, 2.75) is 77.7 Å². The van der Waals surface area contributed by atoms with E-state index in [9.17, 15) is 4.79 Å². The monoisotopic (exact) mass is 238 g/mol. The molecule has 1 atom stereocenters. The second-order valence-corrected chi connectivity index (χ2v) is 4.70. The van der Waals surface area contributed by atoms with Crippen molar-refractivity contribution < 1.29 is 4.79 Å². The molecule has 0 spiro atoms. The normalized spacial score (nSPS) is 11.8. The molecule has 0 fully saturated rings. The standard InChI is InChI=1S/C14H26N2O/c1-3-4-5-6-7-8-9-10-14(17)16-13(2)11-12-15/h13H,3-11H2,1-2H3,(H,16,17). The van der Waals surface area contributed by atoms with Gasteiger partial charge < -0.3 is 5.32 Å². The van der Waals surface area contributed by atoms with Crippen LogP contribution in [0.2, 0.25) is 0 Å². The smallest absolute Gasteiger partial charge is 0.220 e.